The third kappa shape index (κ3) is 2.95. The number of aromatic hydroxyl groups is 1. The molecule has 0 aromatic heterocycles. The van der Waals surface area contributed by atoms with Crippen molar-refractivity contribution in [3.05, 3.63) is 29.6 Å². The first-order valence-electron chi connectivity index (χ1n) is 5.25. The van der Waals surface area contributed by atoms with Gasteiger partial charge in [0.2, 0.25) is 0 Å². The summed E-state index contributed by atoms with van der Waals surface area (Å²) in [7, 11) is 0. The summed E-state index contributed by atoms with van der Waals surface area (Å²) in [5, 5.41) is 18.0. The molecule has 0 heterocycles. The SMILES string of the molecule is CCC[C@H](CC(=O)O)c1cccc(O)c1F. The van der Waals surface area contributed by atoms with E-state index in [-0.39, 0.29) is 17.9 Å². The minimum Gasteiger partial charge on any atom is -0.505 e. The number of hydrogen-bond acceptors (Lipinski definition) is 2. The predicted octanol–water partition coefficient (Wildman–Crippen LogP) is 2.89. The summed E-state index contributed by atoms with van der Waals surface area (Å²) in [6.07, 6.45) is 1.24. The van der Waals surface area contributed by atoms with Gasteiger partial charge in [-0.3, -0.25) is 4.79 Å². The molecule has 0 bridgehead atoms. The molecule has 1 rings (SSSR count). The van der Waals surface area contributed by atoms with Crippen molar-refractivity contribution in [1.29, 1.82) is 0 Å². The minimum absolute atomic E-state index is 0.117. The van der Waals surface area contributed by atoms with Crippen LogP contribution in [0.2, 0.25) is 0 Å². The summed E-state index contributed by atoms with van der Waals surface area (Å²) in [5.74, 6) is -2.47. The molecule has 1 aromatic carbocycles. The predicted molar refractivity (Wildman–Crippen MR) is 58.0 cm³/mol. The van der Waals surface area contributed by atoms with E-state index in [1.165, 1.54) is 18.2 Å². The van der Waals surface area contributed by atoms with Crippen molar-refractivity contribution in [3.8, 4) is 5.75 Å². The lowest BCUT2D eigenvalue weighted by atomic mass is 9.91. The standard InChI is InChI=1S/C12H15FO3/c1-2-4-8(7-11(15)16)9-5-3-6-10(14)12(9)13/h3,5-6,8,14H,2,4,7H2,1H3,(H,15,16)/t8-/m1/s1. The number of phenols is 1. The number of hydrogen-bond donors (Lipinski definition) is 2. The van der Waals surface area contributed by atoms with Gasteiger partial charge < -0.3 is 10.2 Å². The molecule has 0 saturated carbocycles. The Morgan fingerprint density at radius 2 is 2.19 bits per heavy atom. The van der Waals surface area contributed by atoms with E-state index in [1.54, 1.807) is 0 Å². The number of phenolic OH excluding ortho intramolecular Hbond substituents is 1. The number of rotatable bonds is 5. The van der Waals surface area contributed by atoms with Gasteiger partial charge in [-0.15, -0.1) is 0 Å². The van der Waals surface area contributed by atoms with Crippen LogP contribution < -0.4 is 0 Å². The number of carboxylic acid groups (broad SMARTS) is 1. The molecule has 0 aliphatic heterocycles. The molecule has 1 aromatic rings. The van der Waals surface area contributed by atoms with Crippen LogP contribution in [0, 0.1) is 5.82 Å². The molecule has 0 aliphatic rings. The first-order chi connectivity index (χ1) is 7.56. The third-order valence-electron chi connectivity index (χ3n) is 2.51. The van der Waals surface area contributed by atoms with Crippen molar-refractivity contribution >= 4 is 5.97 Å². The van der Waals surface area contributed by atoms with Crippen LogP contribution in [0.5, 0.6) is 5.75 Å². The van der Waals surface area contributed by atoms with Crippen LogP contribution in [0.25, 0.3) is 0 Å². The lowest BCUT2D eigenvalue weighted by Crippen LogP contribution is -2.08. The highest BCUT2D eigenvalue weighted by Crippen LogP contribution is 2.30. The molecule has 0 amide bonds. The normalized spacial score (nSPS) is 12.4. The molecular formula is C12H15FO3. The molecule has 0 spiro atoms. The number of benzene rings is 1. The van der Waals surface area contributed by atoms with Crippen molar-refractivity contribution in [2.75, 3.05) is 0 Å². The second kappa shape index (κ2) is 5.49. The summed E-state index contributed by atoms with van der Waals surface area (Å²) in [5.41, 5.74) is 0.282. The zero-order valence-corrected chi connectivity index (χ0v) is 9.11. The lowest BCUT2D eigenvalue weighted by Gasteiger charge is -2.15. The maximum atomic E-state index is 13.6. The van der Waals surface area contributed by atoms with Crippen LogP contribution in [-0.2, 0) is 4.79 Å². The van der Waals surface area contributed by atoms with Crippen molar-refractivity contribution in [2.45, 2.75) is 32.1 Å². The summed E-state index contributed by atoms with van der Waals surface area (Å²) in [6.45, 7) is 1.91. The highest BCUT2D eigenvalue weighted by molar-refractivity contribution is 5.68. The van der Waals surface area contributed by atoms with Crippen LogP contribution in [0.1, 0.15) is 37.7 Å². The molecule has 88 valence electrons. The lowest BCUT2D eigenvalue weighted by molar-refractivity contribution is -0.137. The van der Waals surface area contributed by atoms with Crippen LogP contribution >= 0.6 is 0 Å². The molecule has 16 heavy (non-hydrogen) atoms. The van der Waals surface area contributed by atoms with E-state index in [0.717, 1.165) is 6.42 Å². The van der Waals surface area contributed by atoms with Gasteiger partial charge in [-0.2, -0.15) is 0 Å². The Balaban J connectivity index is 3.00. The van der Waals surface area contributed by atoms with Crippen molar-refractivity contribution in [1.82, 2.24) is 0 Å². The number of aliphatic carboxylic acids is 1. The van der Waals surface area contributed by atoms with Gasteiger partial charge in [-0.25, -0.2) is 4.39 Å². The summed E-state index contributed by atoms with van der Waals surface area (Å²) < 4.78 is 13.6. The van der Waals surface area contributed by atoms with Gasteiger partial charge in [-0.1, -0.05) is 25.5 Å². The molecule has 4 heteroatoms. The molecule has 3 nitrogen and oxygen atoms in total. The van der Waals surface area contributed by atoms with Crippen molar-refractivity contribution in [3.63, 3.8) is 0 Å². The number of carboxylic acids is 1. The van der Waals surface area contributed by atoms with Gasteiger partial charge in [0.15, 0.2) is 11.6 Å². The van der Waals surface area contributed by atoms with Gasteiger partial charge in [0.05, 0.1) is 6.42 Å². The van der Waals surface area contributed by atoms with E-state index >= 15 is 0 Å². The zero-order valence-electron chi connectivity index (χ0n) is 9.11. The highest BCUT2D eigenvalue weighted by atomic mass is 19.1. The van der Waals surface area contributed by atoms with E-state index in [2.05, 4.69) is 0 Å². The van der Waals surface area contributed by atoms with Crippen molar-refractivity contribution < 1.29 is 19.4 Å². The smallest absolute Gasteiger partial charge is 0.303 e. The van der Waals surface area contributed by atoms with Gasteiger partial charge in [0, 0.05) is 0 Å². The van der Waals surface area contributed by atoms with Crippen LogP contribution in [0.4, 0.5) is 4.39 Å². The minimum atomic E-state index is -0.957. The first-order valence-corrected chi connectivity index (χ1v) is 5.25. The molecule has 0 unspecified atom stereocenters. The van der Waals surface area contributed by atoms with E-state index in [9.17, 15) is 14.3 Å². The molecule has 0 saturated heterocycles. The molecular weight excluding hydrogens is 211 g/mol. The quantitative estimate of drug-likeness (QED) is 0.811. The van der Waals surface area contributed by atoms with E-state index in [0.29, 0.717) is 6.42 Å². The molecule has 0 radical (unpaired) electrons. The van der Waals surface area contributed by atoms with Crippen molar-refractivity contribution in [2.24, 2.45) is 0 Å². The van der Waals surface area contributed by atoms with E-state index in [1.807, 2.05) is 6.92 Å². The fraction of sp³-hybridized carbons (Fsp3) is 0.417. The Labute approximate surface area is 93.5 Å². The Morgan fingerprint density at radius 1 is 1.50 bits per heavy atom. The molecule has 1 atom stereocenters. The Kier molecular flexibility index (Phi) is 4.28. The average Bonchev–Trinajstić information content (AvgIpc) is 2.21. The summed E-state index contributed by atoms with van der Waals surface area (Å²) in [6, 6.07) is 4.30. The summed E-state index contributed by atoms with van der Waals surface area (Å²) in [4.78, 5) is 10.7. The first kappa shape index (κ1) is 12.5. The Morgan fingerprint density at radius 3 is 2.75 bits per heavy atom. The number of halogens is 1. The monoisotopic (exact) mass is 226 g/mol. The number of carbonyl (C=O) groups is 1. The Hall–Kier alpha value is -1.58. The van der Waals surface area contributed by atoms with Gasteiger partial charge in [0.25, 0.3) is 0 Å². The van der Waals surface area contributed by atoms with E-state index < -0.39 is 17.5 Å². The fourth-order valence-corrected chi connectivity index (χ4v) is 1.78. The largest absolute Gasteiger partial charge is 0.505 e. The molecule has 0 aliphatic carbocycles. The average molecular weight is 226 g/mol. The highest BCUT2D eigenvalue weighted by Gasteiger charge is 2.19. The fourth-order valence-electron chi connectivity index (χ4n) is 1.78. The maximum Gasteiger partial charge on any atom is 0.303 e. The van der Waals surface area contributed by atoms with Gasteiger partial charge in [-0.05, 0) is 24.0 Å². The van der Waals surface area contributed by atoms with Gasteiger partial charge in [0.1, 0.15) is 0 Å². The third-order valence-corrected chi connectivity index (χ3v) is 2.51. The van der Waals surface area contributed by atoms with Crippen LogP contribution in [0.3, 0.4) is 0 Å². The summed E-state index contributed by atoms with van der Waals surface area (Å²) >= 11 is 0. The topological polar surface area (TPSA) is 57.5 Å². The van der Waals surface area contributed by atoms with Gasteiger partial charge >= 0.3 is 5.97 Å². The van der Waals surface area contributed by atoms with Crippen LogP contribution in [0.15, 0.2) is 18.2 Å². The Bertz CT molecular complexity index is 377. The molecule has 0 fully saturated rings. The van der Waals surface area contributed by atoms with Crippen LogP contribution in [-0.4, -0.2) is 16.2 Å². The maximum absolute atomic E-state index is 13.6. The second-order valence-electron chi connectivity index (χ2n) is 3.76. The second-order valence-corrected chi connectivity index (χ2v) is 3.76. The zero-order chi connectivity index (χ0) is 12.1. The van der Waals surface area contributed by atoms with E-state index in [4.69, 9.17) is 5.11 Å². The molecule has 2 N–H and O–H groups in total.